The number of nitrogens with one attached hydrogen (secondary N) is 2. The summed E-state index contributed by atoms with van der Waals surface area (Å²) >= 11 is 0. The molecule has 1 heterocycles. The molecule has 0 amide bonds. The van der Waals surface area contributed by atoms with Crippen LogP contribution in [0.3, 0.4) is 0 Å². The van der Waals surface area contributed by atoms with Gasteiger partial charge in [-0.1, -0.05) is 32.9 Å². The van der Waals surface area contributed by atoms with E-state index in [1.165, 1.54) is 12.1 Å². The van der Waals surface area contributed by atoms with Crippen molar-refractivity contribution in [2.24, 2.45) is 16.3 Å². The van der Waals surface area contributed by atoms with Gasteiger partial charge in [0.2, 0.25) is 0 Å². The van der Waals surface area contributed by atoms with E-state index in [9.17, 15) is 4.39 Å². The summed E-state index contributed by atoms with van der Waals surface area (Å²) < 4.78 is 24.7. The molecule has 0 radical (unpaired) electrons. The maximum atomic E-state index is 13.1. The van der Waals surface area contributed by atoms with Crippen molar-refractivity contribution in [2.45, 2.75) is 45.8 Å². The number of ether oxygens (including phenoxy) is 2. The molecule has 27 heavy (non-hydrogen) atoms. The van der Waals surface area contributed by atoms with Gasteiger partial charge >= 0.3 is 0 Å². The first-order valence-corrected chi connectivity index (χ1v) is 9.69. The number of methoxy groups -OCH3 is 1. The molecule has 1 aliphatic heterocycles. The van der Waals surface area contributed by atoms with Crippen LogP contribution < -0.4 is 10.6 Å². The largest absolute Gasteiger partial charge is 0.377 e. The van der Waals surface area contributed by atoms with E-state index >= 15 is 0 Å². The van der Waals surface area contributed by atoms with Crippen molar-refractivity contribution in [3.63, 3.8) is 0 Å². The van der Waals surface area contributed by atoms with E-state index in [1.54, 1.807) is 26.3 Å². The zero-order valence-electron chi connectivity index (χ0n) is 17.2. The van der Waals surface area contributed by atoms with Crippen LogP contribution in [0.25, 0.3) is 0 Å². The van der Waals surface area contributed by atoms with Gasteiger partial charge in [0.15, 0.2) is 5.96 Å². The molecule has 0 aliphatic carbocycles. The molecular weight excluding hydrogens is 345 g/mol. The third-order valence-corrected chi connectivity index (χ3v) is 5.03. The van der Waals surface area contributed by atoms with Gasteiger partial charge in [-0.05, 0) is 36.0 Å². The Kier molecular flexibility index (Phi) is 8.05. The maximum Gasteiger partial charge on any atom is 0.191 e. The minimum atomic E-state index is -0.248. The lowest BCUT2D eigenvalue weighted by Crippen LogP contribution is -2.48. The number of hydrogen-bond acceptors (Lipinski definition) is 3. The first-order chi connectivity index (χ1) is 12.8. The average Bonchev–Trinajstić information content (AvgIpc) is 2.65. The smallest absolute Gasteiger partial charge is 0.191 e. The average molecular weight is 380 g/mol. The maximum absolute atomic E-state index is 13.1. The molecule has 3 atom stereocenters. The third-order valence-electron chi connectivity index (χ3n) is 5.03. The number of nitrogens with zero attached hydrogens (tertiary/aromatic N) is 1. The van der Waals surface area contributed by atoms with Crippen LogP contribution in [0.2, 0.25) is 0 Å². The zero-order valence-corrected chi connectivity index (χ0v) is 17.2. The Bertz CT molecular complexity index is 598. The highest BCUT2D eigenvalue weighted by Gasteiger charge is 2.35. The quantitative estimate of drug-likeness (QED) is 0.587. The van der Waals surface area contributed by atoms with Crippen LogP contribution in [-0.4, -0.2) is 45.9 Å². The second kappa shape index (κ2) is 10.0. The van der Waals surface area contributed by atoms with Gasteiger partial charge in [-0.2, -0.15) is 0 Å². The molecule has 1 fully saturated rings. The Morgan fingerprint density at radius 2 is 2.00 bits per heavy atom. The van der Waals surface area contributed by atoms with Crippen LogP contribution in [0.15, 0.2) is 29.3 Å². The van der Waals surface area contributed by atoms with Gasteiger partial charge < -0.3 is 20.1 Å². The van der Waals surface area contributed by atoms with E-state index in [4.69, 9.17) is 9.47 Å². The Balaban J connectivity index is 1.88. The molecule has 6 heteroatoms. The van der Waals surface area contributed by atoms with Crippen molar-refractivity contribution >= 4 is 5.96 Å². The molecule has 1 aliphatic rings. The first-order valence-electron chi connectivity index (χ1n) is 9.69. The molecule has 0 bridgehead atoms. The molecule has 152 valence electrons. The van der Waals surface area contributed by atoms with Crippen molar-refractivity contribution in [2.75, 3.05) is 33.9 Å². The molecule has 3 unspecified atom stereocenters. The fourth-order valence-corrected chi connectivity index (χ4v) is 3.66. The number of benzene rings is 1. The van der Waals surface area contributed by atoms with Gasteiger partial charge in [0.1, 0.15) is 5.82 Å². The van der Waals surface area contributed by atoms with Crippen LogP contribution >= 0.6 is 0 Å². The molecule has 1 aromatic rings. The SMILES string of the molecule is CN=C(NCC(OC)c1ccc(F)cc1)NCC1CCCOC1C(C)(C)C. The lowest BCUT2D eigenvalue weighted by Gasteiger charge is -2.40. The Labute approximate surface area is 162 Å². The summed E-state index contributed by atoms with van der Waals surface area (Å²) in [5, 5.41) is 6.73. The number of hydrogen-bond donors (Lipinski definition) is 2. The van der Waals surface area contributed by atoms with E-state index in [0.717, 1.165) is 37.5 Å². The molecule has 1 aromatic carbocycles. The predicted molar refractivity (Wildman–Crippen MR) is 107 cm³/mol. The van der Waals surface area contributed by atoms with E-state index < -0.39 is 0 Å². The van der Waals surface area contributed by atoms with E-state index in [0.29, 0.717) is 12.5 Å². The number of aliphatic imine (C=N–C) groups is 1. The summed E-state index contributed by atoms with van der Waals surface area (Å²) in [7, 11) is 3.41. The van der Waals surface area contributed by atoms with Gasteiger partial charge in [0, 0.05) is 39.8 Å². The van der Waals surface area contributed by atoms with Crippen LogP contribution in [0.5, 0.6) is 0 Å². The van der Waals surface area contributed by atoms with E-state index in [-0.39, 0.29) is 23.4 Å². The van der Waals surface area contributed by atoms with Gasteiger partial charge in [-0.3, -0.25) is 4.99 Å². The highest BCUT2D eigenvalue weighted by atomic mass is 19.1. The van der Waals surface area contributed by atoms with Gasteiger partial charge in [0.05, 0.1) is 12.2 Å². The summed E-state index contributed by atoms with van der Waals surface area (Å²) in [5.74, 6) is 0.937. The molecule has 0 saturated carbocycles. The molecule has 0 aromatic heterocycles. The molecule has 5 nitrogen and oxygen atoms in total. The number of guanidine groups is 1. The van der Waals surface area contributed by atoms with Crippen LogP contribution in [-0.2, 0) is 9.47 Å². The molecule has 2 rings (SSSR count). The van der Waals surface area contributed by atoms with Gasteiger partial charge in [0.25, 0.3) is 0 Å². The third kappa shape index (κ3) is 6.47. The summed E-state index contributed by atoms with van der Waals surface area (Å²) in [6, 6.07) is 6.39. The normalized spacial score (nSPS) is 22.4. The van der Waals surface area contributed by atoms with Crippen molar-refractivity contribution in [1.29, 1.82) is 0 Å². The Morgan fingerprint density at radius 3 is 2.59 bits per heavy atom. The Morgan fingerprint density at radius 1 is 1.30 bits per heavy atom. The van der Waals surface area contributed by atoms with Crippen LogP contribution in [0, 0.1) is 17.2 Å². The number of halogens is 1. The van der Waals surface area contributed by atoms with Crippen LogP contribution in [0.4, 0.5) is 4.39 Å². The van der Waals surface area contributed by atoms with Crippen molar-refractivity contribution < 1.29 is 13.9 Å². The van der Waals surface area contributed by atoms with Gasteiger partial charge in [-0.25, -0.2) is 4.39 Å². The summed E-state index contributed by atoms with van der Waals surface area (Å²) in [6.07, 6.45) is 2.32. The first kappa shape index (κ1) is 21.6. The Hall–Kier alpha value is -1.66. The lowest BCUT2D eigenvalue weighted by molar-refractivity contribution is -0.0835. The van der Waals surface area contributed by atoms with Crippen molar-refractivity contribution in [1.82, 2.24) is 10.6 Å². The predicted octanol–water partition coefficient (Wildman–Crippen LogP) is 3.52. The summed E-state index contributed by atoms with van der Waals surface area (Å²) in [5.41, 5.74) is 1.04. The zero-order chi connectivity index (χ0) is 19.9. The second-order valence-corrected chi connectivity index (χ2v) is 8.17. The van der Waals surface area contributed by atoms with E-state index in [1.807, 2.05) is 0 Å². The van der Waals surface area contributed by atoms with Gasteiger partial charge in [-0.15, -0.1) is 0 Å². The van der Waals surface area contributed by atoms with Crippen molar-refractivity contribution in [3.05, 3.63) is 35.6 Å². The number of rotatable bonds is 6. The highest BCUT2D eigenvalue weighted by molar-refractivity contribution is 5.79. The minimum Gasteiger partial charge on any atom is -0.377 e. The van der Waals surface area contributed by atoms with Crippen molar-refractivity contribution in [3.8, 4) is 0 Å². The topological polar surface area (TPSA) is 54.9 Å². The molecule has 1 saturated heterocycles. The minimum absolute atomic E-state index is 0.118. The fourth-order valence-electron chi connectivity index (χ4n) is 3.66. The summed E-state index contributed by atoms with van der Waals surface area (Å²) in [4.78, 5) is 4.31. The standard InChI is InChI=1S/C21H34FN3O2/c1-21(2,3)19-16(7-6-12-27-19)13-24-20(23-4)25-14-18(26-5)15-8-10-17(22)11-9-15/h8-11,16,18-19H,6-7,12-14H2,1-5H3,(H2,23,24,25). The van der Waals surface area contributed by atoms with Crippen LogP contribution in [0.1, 0.15) is 45.3 Å². The lowest BCUT2D eigenvalue weighted by atomic mass is 9.78. The molecular formula is C21H34FN3O2. The summed E-state index contributed by atoms with van der Waals surface area (Å²) in [6.45, 7) is 8.90. The highest BCUT2D eigenvalue weighted by Crippen LogP contribution is 2.33. The van der Waals surface area contributed by atoms with E-state index in [2.05, 4.69) is 36.4 Å². The monoisotopic (exact) mass is 379 g/mol. The molecule has 0 spiro atoms. The molecule has 2 N–H and O–H groups in total. The second-order valence-electron chi connectivity index (χ2n) is 8.17. The fraction of sp³-hybridized carbons (Fsp3) is 0.667.